The molecule has 8 heteroatoms. The molecule has 8 nitrogen and oxygen atoms in total. The molecule has 0 aliphatic heterocycles. The lowest BCUT2D eigenvalue weighted by molar-refractivity contribution is -0.134. The van der Waals surface area contributed by atoms with Gasteiger partial charge in [0.2, 0.25) is 0 Å². The second-order valence-electron chi connectivity index (χ2n) is 9.75. The van der Waals surface area contributed by atoms with Gasteiger partial charge in [-0.3, -0.25) is 4.79 Å². The summed E-state index contributed by atoms with van der Waals surface area (Å²) < 4.78 is 21.8. The Morgan fingerprint density at radius 3 is 1.85 bits per heavy atom. The van der Waals surface area contributed by atoms with Gasteiger partial charge in [-0.15, -0.1) is 0 Å². The number of benzene rings is 3. The van der Waals surface area contributed by atoms with E-state index in [-0.39, 0.29) is 5.97 Å². The first-order chi connectivity index (χ1) is 19.8. The van der Waals surface area contributed by atoms with E-state index in [1.807, 2.05) is 0 Å². The highest BCUT2D eigenvalue weighted by Gasteiger charge is 2.15. The van der Waals surface area contributed by atoms with Crippen LogP contribution in [0.5, 0.6) is 23.0 Å². The minimum Gasteiger partial charge on any atom is -0.465 e. The summed E-state index contributed by atoms with van der Waals surface area (Å²) >= 11 is 0. The highest BCUT2D eigenvalue weighted by molar-refractivity contribution is 5.92. The maximum Gasteiger partial charge on any atom is 0.343 e. The molecule has 0 radical (unpaired) electrons. The summed E-state index contributed by atoms with van der Waals surface area (Å²) in [6.07, 6.45) is 5.76. The molecule has 0 fully saturated rings. The molecule has 1 atom stereocenters. The number of rotatable bonds is 15. The van der Waals surface area contributed by atoms with Gasteiger partial charge in [-0.05, 0) is 92.1 Å². The molecule has 0 bridgehead atoms. The van der Waals surface area contributed by atoms with Crippen molar-refractivity contribution in [2.45, 2.75) is 78.4 Å². The summed E-state index contributed by atoms with van der Waals surface area (Å²) in [4.78, 5) is 37.1. The third-order valence-corrected chi connectivity index (χ3v) is 6.28. The summed E-state index contributed by atoms with van der Waals surface area (Å²) in [7, 11) is 0. The van der Waals surface area contributed by atoms with E-state index in [2.05, 4.69) is 13.8 Å². The van der Waals surface area contributed by atoms with Crippen molar-refractivity contribution in [2.75, 3.05) is 0 Å². The summed E-state index contributed by atoms with van der Waals surface area (Å²) in [5.74, 6) is 0.0125. The van der Waals surface area contributed by atoms with Crippen molar-refractivity contribution in [1.29, 1.82) is 0 Å². The number of aliphatic hydroxyl groups is 1. The van der Waals surface area contributed by atoms with Crippen LogP contribution in [0.15, 0.2) is 66.7 Å². The summed E-state index contributed by atoms with van der Waals surface area (Å²) in [5, 5.41) is 9.98. The lowest BCUT2D eigenvalue weighted by Gasteiger charge is -2.13. The maximum atomic E-state index is 12.6. The van der Waals surface area contributed by atoms with Gasteiger partial charge in [0.15, 0.2) is 6.29 Å². The molecular formula is C33H38O8. The van der Waals surface area contributed by atoms with E-state index in [1.54, 1.807) is 61.5 Å². The van der Waals surface area contributed by atoms with Gasteiger partial charge >= 0.3 is 17.9 Å². The molecule has 0 aromatic heterocycles. The number of aliphatic hydroxyl groups excluding tert-OH is 1. The van der Waals surface area contributed by atoms with Gasteiger partial charge in [0.05, 0.1) is 11.1 Å². The van der Waals surface area contributed by atoms with Crippen LogP contribution >= 0.6 is 0 Å². The average molecular weight is 563 g/mol. The molecule has 41 heavy (non-hydrogen) atoms. The molecule has 0 heterocycles. The molecule has 1 unspecified atom stereocenters. The molecule has 0 spiro atoms. The highest BCUT2D eigenvalue weighted by atomic mass is 16.6. The number of unbranched alkanes of at least 4 members (excludes halogenated alkanes) is 4. The fourth-order valence-corrected chi connectivity index (χ4v) is 3.94. The van der Waals surface area contributed by atoms with Crippen molar-refractivity contribution in [2.24, 2.45) is 0 Å². The van der Waals surface area contributed by atoms with E-state index in [1.165, 1.54) is 12.1 Å². The number of aryl methyl sites for hydroxylation is 1. The number of hydrogen-bond donors (Lipinski definition) is 1. The molecule has 0 aliphatic carbocycles. The van der Waals surface area contributed by atoms with E-state index in [0.29, 0.717) is 52.5 Å². The molecule has 0 saturated carbocycles. The second-order valence-corrected chi connectivity index (χ2v) is 9.75. The number of ether oxygens (including phenoxy) is 4. The topological polar surface area (TPSA) is 108 Å². The van der Waals surface area contributed by atoms with Gasteiger partial charge in [0.1, 0.15) is 23.0 Å². The minimum atomic E-state index is -0.890. The smallest absolute Gasteiger partial charge is 0.343 e. The highest BCUT2D eigenvalue weighted by Crippen LogP contribution is 2.26. The Kier molecular flexibility index (Phi) is 12.4. The van der Waals surface area contributed by atoms with Gasteiger partial charge in [0, 0.05) is 12.8 Å². The Morgan fingerprint density at radius 2 is 1.24 bits per heavy atom. The monoisotopic (exact) mass is 562 g/mol. The van der Waals surface area contributed by atoms with E-state index in [0.717, 1.165) is 38.5 Å². The third-order valence-electron chi connectivity index (χ3n) is 6.28. The summed E-state index contributed by atoms with van der Waals surface area (Å²) in [6.45, 7) is 5.89. The Hall–Kier alpha value is -4.17. The quantitative estimate of drug-likeness (QED) is 0.0897. The number of carbonyl (C=O) groups is 3. The summed E-state index contributed by atoms with van der Waals surface area (Å²) in [6, 6.07) is 17.2. The fourth-order valence-electron chi connectivity index (χ4n) is 3.94. The first kappa shape index (κ1) is 31.4. The fraction of sp³-hybridized carbons (Fsp3) is 0.364. The molecule has 3 aromatic carbocycles. The predicted molar refractivity (Wildman–Crippen MR) is 155 cm³/mol. The number of carbonyl (C=O) groups excluding carboxylic acids is 3. The molecule has 0 saturated heterocycles. The van der Waals surface area contributed by atoms with Gasteiger partial charge < -0.3 is 24.1 Å². The van der Waals surface area contributed by atoms with E-state index >= 15 is 0 Å². The predicted octanol–water partition coefficient (Wildman–Crippen LogP) is 7.20. The number of esters is 3. The zero-order chi connectivity index (χ0) is 29.6. The van der Waals surface area contributed by atoms with Crippen LogP contribution in [-0.2, 0) is 4.79 Å². The van der Waals surface area contributed by atoms with Crippen molar-refractivity contribution in [3.8, 4) is 23.0 Å². The van der Waals surface area contributed by atoms with Crippen LogP contribution in [0.25, 0.3) is 0 Å². The van der Waals surface area contributed by atoms with Gasteiger partial charge in [0.25, 0.3) is 0 Å². The lowest BCUT2D eigenvalue weighted by Crippen LogP contribution is -2.15. The molecule has 0 amide bonds. The summed E-state index contributed by atoms with van der Waals surface area (Å²) in [5.41, 5.74) is 1.22. The lowest BCUT2D eigenvalue weighted by atomic mass is 10.2. The Bertz CT molecular complexity index is 1280. The third kappa shape index (κ3) is 10.4. The SMILES string of the molecule is CCCCCC(=O)Oc1ccc(C(=O)Oc2ccc(OC(=O)c3ccc(OC(O)CCCCC)cc3)cc2C)cc1. The van der Waals surface area contributed by atoms with E-state index in [4.69, 9.17) is 18.9 Å². The average Bonchev–Trinajstić information content (AvgIpc) is 2.95. The van der Waals surface area contributed by atoms with Crippen LogP contribution < -0.4 is 18.9 Å². The van der Waals surface area contributed by atoms with Crippen molar-refractivity contribution < 1.29 is 38.4 Å². The van der Waals surface area contributed by atoms with Crippen LogP contribution in [-0.4, -0.2) is 29.3 Å². The molecule has 0 aliphatic rings. The van der Waals surface area contributed by atoms with Gasteiger partial charge in [-0.2, -0.15) is 0 Å². The van der Waals surface area contributed by atoms with Crippen LogP contribution in [0.2, 0.25) is 0 Å². The first-order valence-electron chi connectivity index (χ1n) is 14.1. The van der Waals surface area contributed by atoms with Crippen LogP contribution in [0.4, 0.5) is 0 Å². The van der Waals surface area contributed by atoms with Crippen molar-refractivity contribution in [1.82, 2.24) is 0 Å². The second kappa shape index (κ2) is 16.2. The molecule has 1 N–H and O–H groups in total. The molecule has 3 aromatic rings. The maximum absolute atomic E-state index is 12.6. The van der Waals surface area contributed by atoms with Gasteiger partial charge in [-0.1, -0.05) is 39.5 Å². The Balaban J connectivity index is 1.52. The van der Waals surface area contributed by atoms with Gasteiger partial charge in [-0.25, -0.2) is 9.59 Å². The Labute approximate surface area is 241 Å². The largest absolute Gasteiger partial charge is 0.465 e. The minimum absolute atomic E-state index is 0.295. The van der Waals surface area contributed by atoms with Crippen LogP contribution in [0.1, 0.15) is 91.5 Å². The zero-order valence-corrected chi connectivity index (χ0v) is 23.9. The molecule has 218 valence electrons. The molecule has 3 rings (SSSR count). The Morgan fingerprint density at radius 1 is 0.683 bits per heavy atom. The van der Waals surface area contributed by atoms with Crippen molar-refractivity contribution >= 4 is 17.9 Å². The first-order valence-corrected chi connectivity index (χ1v) is 14.1. The van der Waals surface area contributed by atoms with Crippen molar-refractivity contribution in [3.05, 3.63) is 83.4 Å². The normalized spacial score (nSPS) is 11.4. The van der Waals surface area contributed by atoms with Crippen LogP contribution in [0, 0.1) is 6.92 Å². The van der Waals surface area contributed by atoms with Crippen molar-refractivity contribution in [3.63, 3.8) is 0 Å². The zero-order valence-electron chi connectivity index (χ0n) is 23.9. The standard InChI is InChI=1S/C33H38O8/c1-4-6-8-10-30(34)38-26-16-12-24(13-17-26)32(36)40-28-20-21-29(23(3)22-28)41-33(37)25-14-18-27(19-15-25)39-31(35)11-9-7-5-2/h12-22,30,34H,4-11H2,1-3H3. The van der Waals surface area contributed by atoms with E-state index < -0.39 is 18.2 Å². The van der Waals surface area contributed by atoms with E-state index in [9.17, 15) is 19.5 Å². The van der Waals surface area contributed by atoms with Crippen LogP contribution in [0.3, 0.4) is 0 Å². The molecular weight excluding hydrogens is 524 g/mol. The number of hydrogen-bond acceptors (Lipinski definition) is 8.